The maximum atomic E-state index is 14.4. The van der Waals surface area contributed by atoms with E-state index in [9.17, 15) is 26.7 Å². The van der Waals surface area contributed by atoms with Gasteiger partial charge < -0.3 is 4.90 Å². The molecule has 164 valence electrons. The lowest BCUT2D eigenvalue weighted by molar-refractivity contribution is -0.140. The summed E-state index contributed by atoms with van der Waals surface area (Å²) in [5.41, 5.74) is -1.33. The zero-order chi connectivity index (χ0) is 22.9. The van der Waals surface area contributed by atoms with Crippen molar-refractivity contribution in [1.82, 2.24) is 19.9 Å². The summed E-state index contributed by atoms with van der Waals surface area (Å²) < 4.78 is 67.6. The average Bonchev–Trinajstić information content (AvgIpc) is 3.12. The number of carbonyl (C=O) groups excluding carboxylic acids is 1. The lowest BCUT2D eigenvalue weighted by atomic mass is 10.0. The minimum atomic E-state index is -4.93. The Kier molecular flexibility index (Phi) is 6.00. The topological polar surface area (TPSA) is 75.7 Å². The van der Waals surface area contributed by atoms with Crippen LogP contribution in [0.2, 0.25) is 0 Å². The highest BCUT2D eigenvalue weighted by molar-refractivity contribution is 5.95. The van der Waals surface area contributed by atoms with Gasteiger partial charge in [0.05, 0.1) is 29.1 Å². The van der Waals surface area contributed by atoms with Gasteiger partial charge in [-0.1, -0.05) is 11.3 Å². The smallest absolute Gasteiger partial charge is 0.330 e. The van der Waals surface area contributed by atoms with E-state index in [-0.39, 0.29) is 18.9 Å². The normalized spacial score (nSPS) is 17.5. The molecule has 0 N–H and O–H groups in total. The van der Waals surface area contributed by atoms with Gasteiger partial charge in [-0.15, -0.1) is 5.10 Å². The minimum Gasteiger partial charge on any atom is -0.330 e. The maximum Gasteiger partial charge on any atom is 0.419 e. The summed E-state index contributed by atoms with van der Waals surface area (Å²) in [6, 6.07) is 1.84. The Morgan fingerprint density at radius 2 is 2.06 bits per heavy atom. The van der Waals surface area contributed by atoms with Gasteiger partial charge in [-0.3, -0.25) is 4.79 Å². The molecule has 1 amide bonds. The summed E-state index contributed by atoms with van der Waals surface area (Å²) >= 11 is 0. The molecule has 0 radical (unpaired) electrons. The molecule has 0 bridgehead atoms. The van der Waals surface area contributed by atoms with E-state index in [1.54, 1.807) is 6.92 Å². The molecule has 1 aromatic carbocycles. The summed E-state index contributed by atoms with van der Waals surface area (Å²) in [6.45, 7) is 6.20. The number of nitrogens with zero attached hydrogens (tertiary/aromatic N) is 6. The van der Waals surface area contributed by atoms with E-state index in [1.807, 2.05) is 0 Å². The fourth-order valence-corrected chi connectivity index (χ4v) is 3.26. The molecule has 12 heteroatoms. The summed E-state index contributed by atoms with van der Waals surface area (Å²) in [5, 5.41) is 7.92. The number of aliphatic imine (C=N–C) groups is 2. The van der Waals surface area contributed by atoms with Crippen LogP contribution in [-0.2, 0) is 12.6 Å². The molecular weight excluding hydrogens is 423 g/mol. The van der Waals surface area contributed by atoms with Crippen molar-refractivity contribution < 1.29 is 26.7 Å². The average molecular weight is 440 g/mol. The van der Waals surface area contributed by atoms with E-state index in [2.05, 4.69) is 27.0 Å². The van der Waals surface area contributed by atoms with Gasteiger partial charge in [-0.25, -0.2) is 18.8 Å². The Hall–Kier alpha value is -3.44. The van der Waals surface area contributed by atoms with Gasteiger partial charge >= 0.3 is 6.18 Å². The van der Waals surface area contributed by atoms with Crippen molar-refractivity contribution in [3.8, 4) is 0 Å². The molecule has 1 aromatic heterocycles. The summed E-state index contributed by atoms with van der Waals surface area (Å²) in [7, 11) is 0. The molecule has 0 saturated heterocycles. The number of benzene rings is 1. The predicted octanol–water partition coefficient (Wildman–Crippen LogP) is 3.93. The fourth-order valence-electron chi connectivity index (χ4n) is 3.26. The highest BCUT2D eigenvalue weighted by Gasteiger charge is 2.38. The second-order valence-electron chi connectivity index (χ2n) is 6.73. The summed E-state index contributed by atoms with van der Waals surface area (Å²) in [4.78, 5) is 21.6. The first-order chi connectivity index (χ1) is 14.6. The zero-order valence-electron chi connectivity index (χ0n) is 16.5. The fraction of sp³-hybridized carbons (Fsp3) is 0.316. The predicted molar refractivity (Wildman–Crippen MR) is 102 cm³/mol. The Labute approximate surface area is 173 Å². The SMILES string of the molecule is C=N/C(=N\C=C(/C)F)n1nnc2c1CCN(C(=O)c1cccc(C(F)(F)F)c1F)[C@@H]2C. The standard InChI is InChI=1S/C19H17F5N6O/c1-10(20)9-26-18(25-3)30-14-7-8-29(11(2)16(14)27-28-30)17(31)12-5-4-6-13(15(12)21)19(22,23)24/h4-6,9,11H,3,7-8H2,1-2H3/b10-9+,26-18+/t11-/m1/s1. The third-order valence-corrected chi connectivity index (χ3v) is 4.73. The van der Waals surface area contributed by atoms with Crippen molar-refractivity contribution in [3.05, 3.63) is 58.6 Å². The number of fused-ring (bicyclic) bond motifs is 1. The molecule has 2 heterocycles. The van der Waals surface area contributed by atoms with E-state index >= 15 is 0 Å². The van der Waals surface area contributed by atoms with Crippen molar-refractivity contribution in [1.29, 1.82) is 0 Å². The molecule has 31 heavy (non-hydrogen) atoms. The van der Waals surface area contributed by atoms with Crippen LogP contribution in [-0.4, -0.2) is 45.0 Å². The number of amides is 1. The van der Waals surface area contributed by atoms with Crippen LogP contribution in [0.4, 0.5) is 22.0 Å². The van der Waals surface area contributed by atoms with Crippen molar-refractivity contribution in [2.75, 3.05) is 6.54 Å². The first kappa shape index (κ1) is 22.2. The molecular formula is C19H17F5N6O. The Morgan fingerprint density at radius 3 is 2.68 bits per heavy atom. The molecule has 3 rings (SSSR count). The summed E-state index contributed by atoms with van der Waals surface area (Å²) in [6.07, 6.45) is -3.81. The Balaban J connectivity index is 1.94. The maximum absolute atomic E-state index is 14.4. The number of alkyl halides is 3. The first-order valence-corrected chi connectivity index (χ1v) is 9.04. The zero-order valence-corrected chi connectivity index (χ0v) is 16.5. The minimum absolute atomic E-state index is 0.0401. The van der Waals surface area contributed by atoms with Crippen LogP contribution in [0, 0.1) is 5.82 Å². The van der Waals surface area contributed by atoms with Crippen LogP contribution in [0.3, 0.4) is 0 Å². The third-order valence-electron chi connectivity index (χ3n) is 4.73. The van der Waals surface area contributed by atoms with E-state index < -0.39 is 40.9 Å². The van der Waals surface area contributed by atoms with Crippen molar-refractivity contribution in [3.63, 3.8) is 0 Å². The van der Waals surface area contributed by atoms with Crippen LogP contribution in [0.5, 0.6) is 0 Å². The van der Waals surface area contributed by atoms with Gasteiger partial charge in [0.1, 0.15) is 17.3 Å². The summed E-state index contributed by atoms with van der Waals surface area (Å²) in [5.74, 6) is -3.13. The number of carbonyl (C=O) groups is 1. The molecule has 7 nitrogen and oxygen atoms in total. The van der Waals surface area contributed by atoms with Crippen LogP contribution in [0.15, 0.2) is 40.2 Å². The van der Waals surface area contributed by atoms with Gasteiger partial charge in [-0.05, 0) is 32.7 Å². The van der Waals surface area contributed by atoms with Crippen LogP contribution < -0.4 is 0 Å². The number of hydrogen-bond donors (Lipinski definition) is 0. The molecule has 1 atom stereocenters. The van der Waals surface area contributed by atoms with Gasteiger partial charge in [0.2, 0.25) is 0 Å². The van der Waals surface area contributed by atoms with Gasteiger partial charge in [0.25, 0.3) is 11.9 Å². The van der Waals surface area contributed by atoms with Crippen LogP contribution >= 0.6 is 0 Å². The molecule has 0 spiro atoms. The van der Waals surface area contributed by atoms with E-state index in [0.29, 0.717) is 17.5 Å². The van der Waals surface area contributed by atoms with Crippen LogP contribution in [0.1, 0.15) is 47.2 Å². The van der Waals surface area contributed by atoms with E-state index in [1.165, 1.54) is 16.5 Å². The van der Waals surface area contributed by atoms with Gasteiger partial charge in [0.15, 0.2) is 0 Å². The largest absolute Gasteiger partial charge is 0.419 e. The number of hydrogen-bond acceptors (Lipinski definition) is 4. The van der Waals surface area contributed by atoms with E-state index in [4.69, 9.17) is 0 Å². The third kappa shape index (κ3) is 4.23. The Morgan fingerprint density at radius 1 is 1.35 bits per heavy atom. The van der Waals surface area contributed by atoms with Crippen molar-refractivity contribution in [2.45, 2.75) is 32.5 Å². The second kappa shape index (κ2) is 8.36. The molecule has 1 aliphatic rings. The number of aromatic nitrogens is 3. The second-order valence-corrected chi connectivity index (χ2v) is 6.73. The van der Waals surface area contributed by atoms with E-state index in [0.717, 1.165) is 18.3 Å². The molecule has 1 aliphatic heterocycles. The number of allylic oxidation sites excluding steroid dienone is 1. The number of rotatable bonds is 2. The quantitative estimate of drug-likeness (QED) is 0.404. The first-order valence-electron chi connectivity index (χ1n) is 9.04. The highest BCUT2D eigenvalue weighted by atomic mass is 19.4. The number of halogens is 5. The molecule has 2 aromatic rings. The molecule has 0 fully saturated rings. The van der Waals surface area contributed by atoms with Crippen molar-refractivity contribution >= 4 is 18.6 Å². The molecule has 0 aliphatic carbocycles. The lowest BCUT2D eigenvalue weighted by Crippen LogP contribution is -2.40. The van der Waals surface area contributed by atoms with Crippen LogP contribution in [0.25, 0.3) is 0 Å². The lowest BCUT2D eigenvalue weighted by Gasteiger charge is -2.32. The van der Waals surface area contributed by atoms with Gasteiger partial charge in [-0.2, -0.15) is 17.9 Å². The van der Waals surface area contributed by atoms with Gasteiger partial charge in [0, 0.05) is 13.0 Å². The van der Waals surface area contributed by atoms with Crippen molar-refractivity contribution in [2.24, 2.45) is 9.98 Å². The molecule has 0 saturated carbocycles. The highest BCUT2D eigenvalue weighted by Crippen LogP contribution is 2.34. The molecule has 0 unspecified atom stereocenters. The monoisotopic (exact) mass is 440 g/mol. The Bertz CT molecular complexity index is 1080.